The van der Waals surface area contributed by atoms with Gasteiger partial charge in [-0.3, -0.25) is 13.6 Å². The van der Waals surface area contributed by atoms with Gasteiger partial charge in [0.05, 0.1) is 44.4 Å². The number of phosphoric ester groups is 1. The Morgan fingerprint density at radius 1 is 0.658 bits per heavy atom. The number of aryl methyl sites for hydroxylation is 1. The third-order valence-corrected chi connectivity index (χ3v) is 15.6. The summed E-state index contributed by atoms with van der Waals surface area (Å²) in [5, 5.41) is 74.9. The molecule has 0 unspecified atom stereocenters. The van der Waals surface area contributed by atoms with Crippen LogP contribution in [0.15, 0.2) is 61.2 Å². The number of anilines is 2. The highest BCUT2D eigenvalue weighted by Crippen LogP contribution is 2.52. The Bertz CT molecular complexity index is 2600. The number of phosphoric acid groups is 1. The predicted molar refractivity (Wildman–Crippen MR) is 279 cm³/mol. The van der Waals surface area contributed by atoms with Crippen LogP contribution in [0.3, 0.4) is 0 Å². The van der Waals surface area contributed by atoms with Gasteiger partial charge in [0.2, 0.25) is 11.2 Å². The minimum atomic E-state index is -4.89. The molecule has 23 heteroatoms. The van der Waals surface area contributed by atoms with Crippen molar-refractivity contribution in [3.05, 3.63) is 83.7 Å². The Labute approximate surface area is 443 Å². The molecule has 0 spiro atoms. The summed E-state index contributed by atoms with van der Waals surface area (Å²) in [4.78, 5) is 7.92. The van der Waals surface area contributed by atoms with Crippen molar-refractivity contribution in [2.45, 2.75) is 177 Å². The summed E-state index contributed by atoms with van der Waals surface area (Å²) in [7, 11) is -4.89. The van der Waals surface area contributed by atoms with Gasteiger partial charge in [0.15, 0.2) is 11.6 Å². The van der Waals surface area contributed by atoms with Crippen LogP contribution >= 0.6 is 7.82 Å². The number of aliphatic hydroxyl groups excluding tert-OH is 4. The van der Waals surface area contributed by atoms with E-state index in [0.717, 1.165) is 43.0 Å². The second-order valence-corrected chi connectivity index (χ2v) is 21.5. The van der Waals surface area contributed by atoms with Gasteiger partial charge in [-0.05, 0) is 43.2 Å². The van der Waals surface area contributed by atoms with E-state index in [0.29, 0.717) is 17.6 Å². The Hall–Kier alpha value is -5.17. The Morgan fingerprint density at radius 3 is 1.55 bits per heavy atom. The van der Waals surface area contributed by atoms with Crippen molar-refractivity contribution in [2.24, 2.45) is 0 Å². The van der Waals surface area contributed by atoms with Crippen LogP contribution in [0.1, 0.15) is 132 Å². The molecule has 7 rings (SSSR count). The first kappa shape index (κ1) is 58.5. The largest absolute Gasteiger partial charge is 0.475 e. The molecule has 0 amide bonds. The van der Waals surface area contributed by atoms with Crippen LogP contribution in [0.5, 0.6) is 0 Å². The van der Waals surface area contributed by atoms with Gasteiger partial charge in [-0.1, -0.05) is 133 Å². The molecule has 2 saturated heterocycles. The Kier molecular flexibility index (Phi) is 21.5. The molecule has 4 aromatic heterocycles. The normalized spacial score (nSPS) is 24.1. The molecule has 2 fully saturated rings. The van der Waals surface area contributed by atoms with E-state index in [-0.39, 0.29) is 36.2 Å². The molecular weight excluding hydrogens is 1000 g/mol. The van der Waals surface area contributed by atoms with E-state index in [2.05, 4.69) is 27.1 Å². The Morgan fingerprint density at radius 2 is 1.11 bits per heavy atom. The maximum absolute atomic E-state index is 14.9. The fourth-order valence-electron chi connectivity index (χ4n) is 9.73. The van der Waals surface area contributed by atoms with Crippen molar-refractivity contribution in [1.29, 1.82) is 10.5 Å². The van der Waals surface area contributed by atoms with Gasteiger partial charge >= 0.3 is 7.82 Å². The van der Waals surface area contributed by atoms with Crippen LogP contribution in [0, 0.1) is 29.6 Å². The molecule has 2 aliphatic heterocycles. The van der Waals surface area contributed by atoms with Gasteiger partial charge in [0.25, 0.3) is 0 Å². The minimum Gasteiger partial charge on any atom is -0.387 e. The first-order chi connectivity index (χ1) is 36.8. The molecule has 76 heavy (non-hydrogen) atoms. The lowest BCUT2D eigenvalue weighted by molar-refractivity contribution is -0.0802. The van der Waals surface area contributed by atoms with Crippen molar-refractivity contribution in [3.8, 4) is 12.1 Å². The van der Waals surface area contributed by atoms with E-state index in [1.165, 1.54) is 117 Å². The number of aromatic nitrogens is 6. The van der Waals surface area contributed by atoms with E-state index in [9.17, 15) is 35.5 Å². The first-order valence-electron chi connectivity index (χ1n) is 26.7. The van der Waals surface area contributed by atoms with E-state index < -0.39 is 81.6 Å². The van der Waals surface area contributed by atoms with Crippen molar-refractivity contribution in [3.63, 3.8) is 0 Å². The van der Waals surface area contributed by atoms with Crippen LogP contribution < -0.4 is 11.5 Å². The fraction of sp³-hybridized carbons (Fsp3) is 0.623. The zero-order valence-electron chi connectivity index (χ0n) is 43.6. The Balaban J connectivity index is 0.999. The van der Waals surface area contributed by atoms with Crippen LogP contribution in [-0.2, 0) is 54.9 Å². The number of unbranched alkanes of at least 4 members (excludes halogenated alkanes) is 15. The maximum atomic E-state index is 14.9. The molecule has 9 atom stereocenters. The molecule has 0 aliphatic carbocycles. The van der Waals surface area contributed by atoms with Crippen molar-refractivity contribution >= 4 is 30.5 Å². The predicted octanol–water partition coefficient (Wildman–Crippen LogP) is 6.65. The van der Waals surface area contributed by atoms with E-state index in [1.807, 2.05) is 43.3 Å². The minimum absolute atomic E-state index is 0.0220. The lowest BCUT2D eigenvalue weighted by Gasteiger charge is -2.26. The fourth-order valence-corrected chi connectivity index (χ4v) is 11.0. The average Bonchev–Trinajstić information content (AvgIpc) is 4.22. The van der Waals surface area contributed by atoms with Gasteiger partial charge in [-0.25, -0.2) is 23.6 Å². The number of hydrogen-bond donors (Lipinski definition) is 6. The number of nitriles is 2. The van der Waals surface area contributed by atoms with E-state index in [4.69, 9.17) is 44.0 Å². The summed E-state index contributed by atoms with van der Waals surface area (Å²) in [6, 6.07) is 17.6. The summed E-state index contributed by atoms with van der Waals surface area (Å²) in [5.41, 5.74) is 10.2. The zero-order valence-corrected chi connectivity index (χ0v) is 44.5. The monoisotopic (exact) mass is 1070 g/mol. The highest BCUT2D eigenvalue weighted by atomic mass is 31.2. The number of nitrogens with two attached hydrogens (primary N) is 2. The van der Waals surface area contributed by atoms with Crippen molar-refractivity contribution in [1.82, 2.24) is 29.2 Å². The van der Waals surface area contributed by atoms with Crippen LogP contribution in [0.4, 0.5) is 11.6 Å². The molecule has 22 nitrogen and oxygen atoms in total. The second-order valence-electron chi connectivity index (χ2n) is 19.8. The molecule has 8 N–H and O–H groups in total. The number of aliphatic hydroxyl groups is 4. The highest BCUT2D eigenvalue weighted by molar-refractivity contribution is 7.48. The zero-order chi connectivity index (χ0) is 54.1. The summed E-state index contributed by atoms with van der Waals surface area (Å²) < 4.78 is 59.7. The number of hydrogen-bond acceptors (Lipinski definition) is 20. The van der Waals surface area contributed by atoms with Crippen molar-refractivity contribution < 1.29 is 57.5 Å². The number of nitrogens with zero attached hydrogens (tertiary/aromatic N) is 8. The van der Waals surface area contributed by atoms with E-state index in [1.54, 1.807) is 0 Å². The first-order valence-corrected chi connectivity index (χ1v) is 28.1. The van der Waals surface area contributed by atoms with Gasteiger partial charge in [-0.15, -0.1) is 0 Å². The summed E-state index contributed by atoms with van der Waals surface area (Å²) in [5.74, 6) is 0.168. The highest BCUT2D eigenvalue weighted by Gasteiger charge is 2.59. The number of benzene rings is 1. The molecule has 0 radical (unpaired) electrons. The van der Waals surface area contributed by atoms with Crippen LogP contribution in [-0.4, -0.2) is 125 Å². The van der Waals surface area contributed by atoms with Gasteiger partial charge < -0.3 is 50.8 Å². The topological polar surface area (TPSA) is 323 Å². The quantitative estimate of drug-likeness (QED) is 0.0189. The van der Waals surface area contributed by atoms with Gasteiger partial charge in [0.1, 0.15) is 78.6 Å². The molecule has 6 heterocycles. The molecule has 2 aliphatic rings. The molecule has 414 valence electrons. The smallest absolute Gasteiger partial charge is 0.387 e. The third kappa shape index (κ3) is 14.1. The van der Waals surface area contributed by atoms with Crippen LogP contribution in [0.2, 0.25) is 0 Å². The van der Waals surface area contributed by atoms with Crippen LogP contribution in [0.25, 0.3) is 11.0 Å². The average molecular weight is 1080 g/mol. The number of ether oxygens (including phenoxy) is 4. The summed E-state index contributed by atoms with van der Waals surface area (Å²) in [6.07, 6.45) is 11.0. The number of fused-ring (bicyclic) bond motifs is 2. The molecule has 0 saturated carbocycles. The molecule has 0 bridgehead atoms. The molecule has 5 aromatic rings. The molecule has 1 aromatic carbocycles. The third-order valence-electron chi connectivity index (χ3n) is 14.2. The SMILES string of the molecule is CCCCCCCCCCCCCCCCCCOC[C@H](COP(=O)(OC[C@H]1O[C@@](C#N)(c2ccc3c(N)ncnn23)[C@H](O)[C@@H]1O)OC[C@H]1O[C@@](C#N)(c2ccc3c(N)ncnn23)[C@H](O)[C@@H]1O)OCc1ccc(C)cc1. The lowest BCUT2D eigenvalue weighted by Crippen LogP contribution is -2.41. The van der Waals surface area contributed by atoms with Gasteiger partial charge in [-0.2, -0.15) is 20.7 Å². The number of nitrogen functional groups attached to an aromatic ring is 2. The van der Waals surface area contributed by atoms with Crippen molar-refractivity contribution in [2.75, 3.05) is 44.5 Å². The van der Waals surface area contributed by atoms with E-state index >= 15 is 0 Å². The standard InChI is InChI=1S/C53H75N10O12P/c1-3-4-5-6-7-8-9-10-11-12-13-14-15-16-17-18-27-69-29-39(70-28-38-21-19-37(2)20-22-38)30-71-76(68,72-31-42-46(64)48(66)52(33-54,74-42)44-25-23-40-50(56)58-35-60-62(40)44)73-32-43-47(65)49(67)53(34-55,75-43)45-26-24-41-51(57)59-36-61-63(41)45/h19-26,35-36,39,42-43,46-49,64-67H,3-18,27-32H2,1-2H3,(H2,56,58,60)(H2,57,59,61)/t39-,42-,43-,46-,47-,48-,49-,52+,53+/m1/s1. The second kappa shape index (κ2) is 27.9. The summed E-state index contributed by atoms with van der Waals surface area (Å²) in [6.45, 7) is 2.87. The van der Waals surface area contributed by atoms with Gasteiger partial charge in [0, 0.05) is 6.61 Å². The lowest BCUT2D eigenvalue weighted by atomic mass is 9.92. The molecular formula is C53H75N10O12P. The summed E-state index contributed by atoms with van der Waals surface area (Å²) >= 11 is 0. The number of rotatable bonds is 33. The maximum Gasteiger partial charge on any atom is 0.475 e.